The first-order valence-electron chi connectivity index (χ1n) is 5.89. The highest BCUT2D eigenvalue weighted by molar-refractivity contribution is 9.10. The van der Waals surface area contributed by atoms with Crippen molar-refractivity contribution in [3.63, 3.8) is 0 Å². The van der Waals surface area contributed by atoms with Crippen molar-refractivity contribution in [1.29, 1.82) is 0 Å². The normalized spacial score (nSPS) is 10.2. The third kappa shape index (κ3) is 3.79. The number of anilines is 1. The lowest BCUT2D eigenvalue weighted by Crippen LogP contribution is -2.26. The number of rotatable bonds is 4. The van der Waals surface area contributed by atoms with Crippen molar-refractivity contribution in [2.45, 2.75) is 6.42 Å². The number of hydrogen-bond acceptors (Lipinski definition) is 3. The van der Waals surface area contributed by atoms with Crippen LogP contribution in [0, 0.1) is 0 Å². The van der Waals surface area contributed by atoms with Crippen molar-refractivity contribution in [2.75, 3.05) is 12.3 Å². The van der Waals surface area contributed by atoms with Gasteiger partial charge in [-0.3, -0.25) is 9.78 Å². The summed E-state index contributed by atoms with van der Waals surface area (Å²) in [6.45, 7) is 0.573. The fourth-order valence-electron chi connectivity index (χ4n) is 1.68. The Bertz CT molecular complexity index is 572. The molecule has 1 amide bonds. The van der Waals surface area contributed by atoms with Crippen LogP contribution in [0.15, 0.2) is 47.2 Å². The van der Waals surface area contributed by atoms with Crippen LogP contribution >= 0.6 is 15.9 Å². The largest absolute Gasteiger partial charge is 0.399 e. The Hall–Kier alpha value is -1.88. The van der Waals surface area contributed by atoms with Gasteiger partial charge in [-0.2, -0.15) is 0 Å². The predicted octanol–water partition coefficient (Wildman–Crippen LogP) is 2.40. The molecule has 98 valence electrons. The van der Waals surface area contributed by atoms with Crippen molar-refractivity contribution >= 4 is 27.5 Å². The molecular formula is C14H14BrN3O. The molecule has 1 aromatic heterocycles. The molecule has 0 radical (unpaired) electrons. The minimum atomic E-state index is -0.131. The minimum absolute atomic E-state index is 0.131. The predicted molar refractivity (Wildman–Crippen MR) is 78.8 cm³/mol. The van der Waals surface area contributed by atoms with Gasteiger partial charge in [0.1, 0.15) is 0 Å². The van der Waals surface area contributed by atoms with Crippen molar-refractivity contribution < 1.29 is 4.79 Å². The monoisotopic (exact) mass is 319 g/mol. The number of pyridine rings is 1. The van der Waals surface area contributed by atoms with Gasteiger partial charge in [0.25, 0.3) is 5.91 Å². The number of hydrogen-bond donors (Lipinski definition) is 2. The molecule has 0 bridgehead atoms. The summed E-state index contributed by atoms with van der Waals surface area (Å²) >= 11 is 3.34. The topological polar surface area (TPSA) is 68.0 Å². The number of aromatic nitrogens is 1. The van der Waals surface area contributed by atoms with E-state index >= 15 is 0 Å². The molecule has 0 spiro atoms. The Balaban J connectivity index is 1.93. The highest BCUT2D eigenvalue weighted by Crippen LogP contribution is 2.19. The van der Waals surface area contributed by atoms with E-state index in [-0.39, 0.29) is 5.91 Å². The molecule has 1 aromatic carbocycles. The highest BCUT2D eigenvalue weighted by atomic mass is 79.9. The number of halogens is 1. The number of nitrogen functional groups attached to an aromatic ring is 1. The molecule has 0 aliphatic rings. The summed E-state index contributed by atoms with van der Waals surface area (Å²) in [6.07, 6.45) is 4.26. The lowest BCUT2D eigenvalue weighted by Gasteiger charge is -2.07. The van der Waals surface area contributed by atoms with Crippen LogP contribution < -0.4 is 11.1 Å². The molecule has 19 heavy (non-hydrogen) atoms. The molecule has 5 heteroatoms. The van der Waals surface area contributed by atoms with Crippen molar-refractivity contribution in [3.8, 4) is 0 Å². The summed E-state index contributed by atoms with van der Waals surface area (Å²) < 4.78 is 0.739. The van der Waals surface area contributed by atoms with Crippen LogP contribution in [0.1, 0.15) is 15.9 Å². The van der Waals surface area contributed by atoms with Gasteiger partial charge in [-0.1, -0.05) is 0 Å². The Labute approximate surface area is 120 Å². The molecule has 0 saturated carbocycles. The Kier molecular flexibility index (Phi) is 4.52. The molecule has 0 fully saturated rings. The van der Waals surface area contributed by atoms with E-state index in [9.17, 15) is 4.79 Å². The van der Waals surface area contributed by atoms with Crippen LogP contribution in [-0.4, -0.2) is 17.4 Å². The first-order valence-corrected chi connectivity index (χ1v) is 6.68. The Morgan fingerprint density at radius 1 is 1.26 bits per heavy atom. The number of benzene rings is 1. The fourth-order valence-corrected chi connectivity index (χ4v) is 2.11. The number of amides is 1. The maximum atomic E-state index is 12.0. The number of carbonyl (C=O) groups is 1. The zero-order valence-electron chi connectivity index (χ0n) is 10.3. The first-order chi connectivity index (χ1) is 9.16. The first kappa shape index (κ1) is 13.5. The summed E-state index contributed by atoms with van der Waals surface area (Å²) in [5.41, 5.74) is 7.94. The molecule has 0 unspecified atom stereocenters. The lowest BCUT2D eigenvalue weighted by atomic mass is 10.1. The van der Waals surface area contributed by atoms with Gasteiger partial charge in [-0.05, 0) is 58.2 Å². The molecule has 2 aromatic rings. The van der Waals surface area contributed by atoms with Crippen LogP contribution in [0.3, 0.4) is 0 Å². The van der Waals surface area contributed by atoms with E-state index in [1.807, 2.05) is 12.1 Å². The average Bonchev–Trinajstić information content (AvgIpc) is 2.42. The van der Waals surface area contributed by atoms with Gasteiger partial charge in [0.15, 0.2) is 0 Å². The fraction of sp³-hybridized carbons (Fsp3) is 0.143. The van der Waals surface area contributed by atoms with E-state index in [1.165, 1.54) is 0 Å². The number of carbonyl (C=O) groups excluding carboxylic acids is 1. The lowest BCUT2D eigenvalue weighted by molar-refractivity contribution is 0.0953. The molecular weight excluding hydrogens is 306 g/mol. The van der Waals surface area contributed by atoms with Crippen LogP contribution in [-0.2, 0) is 6.42 Å². The molecule has 0 saturated heterocycles. The molecule has 0 aliphatic carbocycles. The van der Waals surface area contributed by atoms with Crippen molar-refractivity contribution in [1.82, 2.24) is 10.3 Å². The van der Waals surface area contributed by atoms with Crippen molar-refractivity contribution in [2.24, 2.45) is 0 Å². The van der Waals surface area contributed by atoms with E-state index in [0.717, 1.165) is 16.5 Å². The zero-order chi connectivity index (χ0) is 13.7. The zero-order valence-corrected chi connectivity index (χ0v) is 11.9. The Morgan fingerprint density at radius 2 is 2.00 bits per heavy atom. The number of nitrogens with one attached hydrogen (secondary N) is 1. The summed E-state index contributed by atoms with van der Waals surface area (Å²) in [6, 6.07) is 9.04. The second-order valence-electron chi connectivity index (χ2n) is 4.10. The molecule has 0 aliphatic heterocycles. The second-order valence-corrected chi connectivity index (χ2v) is 4.95. The van der Waals surface area contributed by atoms with Gasteiger partial charge in [-0.15, -0.1) is 0 Å². The highest BCUT2D eigenvalue weighted by Gasteiger charge is 2.09. The molecule has 0 atom stereocenters. The standard InChI is InChI=1S/C14H14BrN3O/c15-13-2-1-11(16)9-12(13)14(19)18-8-5-10-3-6-17-7-4-10/h1-4,6-7,9H,5,8,16H2,(H,18,19). The smallest absolute Gasteiger partial charge is 0.252 e. The van der Waals surface area contributed by atoms with Crippen LogP contribution in [0.2, 0.25) is 0 Å². The average molecular weight is 320 g/mol. The third-order valence-corrected chi connectivity index (χ3v) is 3.38. The third-order valence-electron chi connectivity index (χ3n) is 2.68. The van der Waals surface area contributed by atoms with E-state index in [0.29, 0.717) is 17.8 Å². The van der Waals surface area contributed by atoms with Gasteiger partial charge in [0, 0.05) is 29.1 Å². The molecule has 3 N–H and O–H groups in total. The van der Waals surface area contributed by atoms with E-state index in [1.54, 1.807) is 30.6 Å². The van der Waals surface area contributed by atoms with Gasteiger partial charge in [0.2, 0.25) is 0 Å². The van der Waals surface area contributed by atoms with Gasteiger partial charge in [0.05, 0.1) is 5.56 Å². The summed E-state index contributed by atoms with van der Waals surface area (Å²) in [5, 5.41) is 2.87. The Morgan fingerprint density at radius 3 is 2.74 bits per heavy atom. The second kappa shape index (κ2) is 6.33. The van der Waals surface area contributed by atoms with Crippen LogP contribution in [0.4, 0.5) is 5.69 Å². The molecule has 1 heterocycles. The van der Waals surface area contributed by atoms with Gasteiger partial charge >= 0.3 is 0 Å². The van der Waals surface area contributed by atoms with Crippen molar-refractivity contribution in [3.05, 3.63) is 58.3 Å². The maximum Gasteiger partial charge on any atom is 0.252 e. The van der Waals surface area contributed by atoms with E-state index in [2.05, 4.69) is 26.2 Å². The summed E-state index contributed by atoms with van der Waals surface area (Å²) in [5.74, 6) is -0.131. The minimum Gasteiger partial charge on any atom is -0.399 e. The number of nitrogens with zero attached hydrogens (tertiary/aromatic N) is 1. The van der Waals surface area contributed by atoms with Crippen LogP contribution in [0.5, 0.6) is 0 Å². The molecule has 2 rings (SSSR count). The maximum absolute atomic E-state index is 12.0. The van der Waals surface area contributed by atoms with E-state index in [4.69, 9.17) is 5.73 Å². The van der Waals surface area contributed by atoms with E-state index < -0.39 is 0 Å². The quantitative estimate of drug-likeness (QED) is 0.850. The summed E-state index contributed by atoms with van der Waals surface area (Å²) in [7, 11) is 0. The number of nitrogens with two attached hydrogens (primary N) is 1. The summed E-state index contributed by atoms with van der Waals surface area (Å²) in [4.78, 5) is 15.9. The van der Waals surface area contributed by atoms with Gasteiger partial charge < -0.3 is 11.1 Å². The molecule has 4 nitrogen and oxygen atoms in total. The van der Waals surface area contributed by atoms with Gasteiger partial charge in [-0.25, -0.2) is 0 Å². The van der Waals surface area contributed by atoms with Crippen LogP contribution in [0.25, 0.3) is 0 Å². The SMILES string of the molecule is Nc1ccc(Br)c(C(=O)NCCc2ccncc2)c1.